The Morgan fingerprint density at radius 1 is 1.21 bits per heavy atom. The summed E-state index contributed by atoms with van der Waals surface area (Å²) in [5.41, 5.74) is 4.67. The lowest BCUT2D eigenvalue weighted by Gasteiger charge is -2.09. The first-order chi connectivity index (χ1) is 14.0. The minimum atomic E-state index is -0.442. The highest BCUT2D eigenvalue weighted by Gasteiger charge is 2.13. The van der Waals surface area contributed by atoms with E-state index in [1.807, 2.05) is 13.0 Å². The Labute approximate surface area is 177 Å². The number of methoxy groups -OCH3 is 1. The molecule has 0 aliphatic rings. The summed E-state index contributed by atoms with van der Waals surface area (Å²) in [5, 5.41) is 11.7. The molecule has 0 spiro atoms. The van der Waals surface area contributed by atoms with E-state index in [1.165, 1.54) is 6.21 Å². The van der Waals surface area contributed by atoms with Gasteiger partial charge in [-0.2, -0.15) is 10.2 Å². The smallest absolute Gasteiger partial charge is 0.289 e. The number of rotatable bonds is 7. The van der Waals surface area contributed by atoms with Crippen LogP contribution in [0.1, 0.15) is 23.0 Å². The van der Waals surface area contributed by atoms with Crippen molar-refractivity contribution in [1.82, 2.24) is 15.6 Å². The van der Waals surface area contributed by atoms with E-state index in [0.717, 1.165) is 5.56 Å². The van der Waals surface area contributed by atoms with Crippen molar-refractivity contribution in [2.24, 2.45) is 5.10 Å². The lowest BCUT2D eigenvalue weighted by atomic mass is 10.1. The fourth-order valence-corrected chi connectivity index (χ4v) is 2.97. The predicted molar refractivity (Wildman–Crippen MR) is 113 cm³/mol. The van der Waals surface area contributed by atoms with Crippen molar-refractivity contribution in [3.8, 4) is 22.8 Å². The normalized spacial score (nSPS) is 10.9. The topological polar surface area (TPSA) is 88.6 Å². The van der Waals surface area contributed by atoms with Gasteiger partial charge in [-0.25, -0.2) is 5.43 Å². The Balaban J connectivity index is 1.70. The summed E-state index contributed by atoms with van der Waals surface area (Å²) in [6.07, 6.45) is 1.44. The van der Waals surface area contributed by atoms with E-state index in [-0.39, 0.29) is 5.69 Å². The Hall–Kier alpha value is -3.03. The molecule has 0 saturated heterocycles. The summed E-state index contributed by atoms with van der Waals surface area (Å²) >= 11 is 11.9. The average Bonchev–Trinajstić information content (AvgIpc) is 3.20. The van der Waals surface area contributed by atoms with Gasteiger partial charge in [0.1, 0.15) is 5.69 Å². The van der Waals surface area contributed by atoms with E-state index in [1.54, 1.807) is 43.5 Å². The third-order valence-corrected chi connectivity index (χ3v) is 4.48. The van der Waals surface area contributed by atoms with Crippen LogP contribution in [-0.4, -0.2) is 36.0 Å². The Bertz CT molecular complexity index is 1050. The number of nitrogens with zero attached hydrogens (tertiary/aromatic N) is 2. The van der Waals surface area contributed by atoms with E-state index < -0.39 is 5.91 Å². The number of hydrogen-bond acceptors (Lipinski definition) is 5. The standard InChI is InChI=1S/C20H18Cl2N4O3/c1-3-29-18-7-5-12(8-19(18)28-2)16-10-17(25-24-16)20(27)26-23-11-13-4-6-14(21)9-15(13)22/h4-11H,3H2,1-2H3,(H,24,25)(H,26,27)/b23-11-. The van der Waals surface area contributed by atoms with Crippen LogP contribution in [-0.2, 0) is 0 Å². The number of H-pyrrole nitrogens is 1. The van der Waals surface area contributed by atoms with Gasteiger partial charge in [0.25, 0.3) is 5.91 Å². The molecular weight excluding hydrogens is 415 g/mol. The van der Waals surface area contributed by atoms with Crippen molar-refractivity contribution in [2.75, 3.05) is 13.7 Å². The first kappa shape index (κ1) is 20.7. The quantitative estimate of drug-likeness (QED) is 0.423. The average molecular weight is 433 g/mol. The van der Waals surface area contributed by atoms with Crippen LogP contribution in [0.5, 0.6) is 11.5 Å². The number of hydrazone groups is 1. The molecular formula is C20H18Cl2N4O3. The van der Waals surface area contributed by atoms with Gasteiger partial charge in [-0.05, 0) is 43.3 Å². The highest BCUT2D eigenvalue weighted by Crippen LogP contribution is 2.32. The van der Waals surface area contributed by atoms with Crippen molar-refractivity contribution < 1.29 is 14.3 Å². The number of hydrogen-bond donors (Lipinski definition) is 2. The highest BCUT2D eigenvalue weighted by atomic mass is 35.5. The number of halogens is 2. The van der Waals surface area contributed by atoms with Crippen LogP contribution >= 0.6 is 23.2 Å². The predicted octanol–water partition coefficient (Wildman–Crippen LogP) is 4.55. The maximum atomic E-state index is 12.3. The molecule has 29 heavy (non-hydrogen) atoms. The van der Waals surface area contributed by atoms with Gasteiger partial charge in [-0.1, -0.05) is 29.3 Å². The molecule has 1 aromatic heterocycles. The van der Waals surface area contributed by atoms with Gasteiger partial charge in [0.15, 0.2) is 11.5 Å². The molecule has 1 amide bonds. The molecule has 0 saturated carbocycles. The van der Waals surface area contributed by atoms with Crippen molar-refractivity contribution in [3.63, 3.8) is 0 Å². The van der Waals surface area contributed by atoms with Crippen LogP contribution < -0.4 is 14.9 Å². The van der Waals surface area contributed by atoms with Crippen molar-refractivity contribution in [2.45, 2.75) is 6.92 Å². The van der Waals surface area contributed by atoms with Gasteiger partial charge in [0.2, 0.25) is 0 Å². The summed E-state index contributed by atoms with van der Waals surface area (Å²) in [6.45, 7) is 2.43. The van der Waals surface area contributed by atoms with E-state index in [9.17, 15) is 4.79 Å². The van der Waals surface area contributed by atoms with Gasteiger partial charge in [-0.3, -0.25) is 9.89 Å². The molecule has 0 fully saturated rings. The van der Waals surface area contributed by atoms with Crippen LogP contribution in [0.25, 0.3) is 11.3 Å². The fraction of sp³-hybridized carbons (Fsp3) is 0.150. The zero-order valence-corrected chi connectivity index (χ0v) is 17.2. The third kappa shape index (κ3) is 5.07. The number of benzene rings is 2. The van der Waals surface area contributed by atoms with E-state index in [4.69, 9.17) is 32.7 Å². The van der Waals surface area contributed by atoms with Crippen molar-refractivity contribution >= 4 is 35.3 Å². The number of ether oxygens (including phenoxy) is 2. The molecule has 2 N–H and O–H groups in total. The number of carbonyl (C=O) groups excluding carboxylic acids is 1. The molecule has 0 atom stereocenters. The van der Waals surface area contributed by atoms with Gasteiger partial charge >= 0.3 is 0 Å². The zero-order chi connectivity index (χ0) is 20.8. The first-order valence-corrected chi connectivity index (χ1v) is 9.42. The first-order valence-electron chi connectivity index (χ1n) is 8.67. The molecule has 150 valence electrons. The number of nitrogens with one attached hydrogen (secondary N) is 2. The molecule has 7 nitrogen and oxygen atoms in total. The van der Waals surface area contributed by atoms with Gasteiger partial charge in [0.05, 0.1) is 30.6 Å². The minimum absolute atomic E-state index is 0.257. The molecule has 0 radical (unpaired) electrons. The van der Waals surface area contributed by atoms with Crippen LogP contribution in [0.2, 0.25) is 10.0 Å². The summed E-state index contributed by atoms with van der Waals surface area (Å²) in [4.78, 5) is 12.3. The fourth-order valence-electron chi connectivity index (χ4n) is 2.51. The number of aromatic nitrogens is 2. The molecule has 0 aliphatic carbocycles. The zero-order valence-electron chi connectivity index (χ0n) is 15.7. The lowest BCUT2D eigenvalue weighted by molar-refractivity contribution is 0.0950. The minimum Gasteiger partial charge on any atom is -0.493 e. The van der Waals surface area contributed by atoms with Crippen molar-refractivity contribution in [1.29, 1.82) is 0 Å². The number of carbonyl (C=O) groups is 1. The second kappa shape index (κ2) is 9.45. The second-order valence-corrected chi connectivity index (χ2v) is 6.67. The van der Waals surface area contributed by atoms with E-state index >= 15 is 0 Å². The summed E-state index contributed by atoms with van der Waals surface area (Å²) in [7, 11) is 1.57. The van der Waals surface area contributed by atoms with E-state index in [0.29, 0.717) is 39.4 Å². The molecule has 9 heteroatoms. The molecule has 2 aromatic carbocycles. The van der Waals surface area contributed by atoms with Crippen molar-refractivity contribution in [3.05, 3.63) is 63.8 Å². The van der Waals surface area contributed by atoms with Crippen LogP contribution in [0.15, 0.2) is 47.6 Å². The monoisotopic (exact) mass is 432 g/mol. The third-order valence-electron chi connectivity index (χ3n) is 3.91. The van der Waals surface area contributed by atoms with E-state index in [2.05, 4.69) is 20.7 Å². The number of amides is 1. The van der Waals surface area contributed by atoms with Gasteiger partial charge in [0, 0.05) is 16.1 Å². The SMILES string of the molecule is CCOc1ccc(-c2cc(C(=O)N/N=C\c3ccc(Cl)cc3Cl)[nH]n2)cc1OC. The summed E-state index contributed by atoms with van der Waals surface area (Å²) in [6, 6.07) is 12.0. The Kier molecular flexibility index (Phi) is 6.74. The van der Waals surface area contributed by atoms with Crippen LogP contribution in [0, 0.1) is 0 Å². The maximum absolute atomic E-state index is 12.3. The summed E-state index contributed by atoms with van der Waals surface area (Å²) < 4.78 is 10.9. The molecule has 0 bridgehead atoms. The van der Waals surface area contributed by atoms with Gasteiger partial charge in [-0.15, -0.1) is 0 Å². The summed E-state index contributed by atoms with van der Waals surface area (Å²) in [5.74, 6) is 0.785. The largest absolute Gasteiger partial charge is 0.493 e. The second-order valence-electron chi connectivity index (χ2n) is 5.83. The molecule has 0 unspecified atom stereocenters. The van der Waals surface area contributed by atoms with Crippen LogP contribution in [0.4, 0.5) is 0 Å². The molecule has 3 rings (SSSR count). The Morgan fingerprint density at radius 3 is 2.76 bits per heavy atom. The maximum Gasteiger partial charge on any atom is 0.289 e. The van der Waals surface area contributed by atoms with Gasteiger partial charge < -0.3 is 9.47 Å². The lowest BCUT2D eigenvalue weighted by Crippen LogP contribution is -2.18. The van der Waals surface area contributed by atoms with Crippen LogP contribution in [0.3, 0.4) is 0 Å². The number of aromatic amines is 1. The Morgan fingerprint density at radius 2 is 2.03 bits per heavy atom. The highest BCUT2D eigenvalue weighted by molar-refractivity contribution is 6.36. The molecule has 1 heterocycles. The molecule has 3 aromatic rings. The molecule has 0 aliphatic heterocycles.